The van der Waals surface area contributed by atoms with Crippen molar-refractivity contribution in [2.75, 3.05) is 7.11 Å². The van der Waals surface area contributed by atoms with Crippen LogP contribution < -0.4 is 4.74 Å². The SMILES string of the molecule is COc1ccccc1C(C)O[Si](C)(C)C. The molecule has 0 aliphatic heterocycles. The lowest BCUT2D eigenvalue weighted by Crippen LogP contribution is -2.27. The van der Waals surface area contributed by atoms with E-state index in [1.807, 2.05) is 18.2 Å². The van der Waals surface area contributed by atoms with Gasteiger partial charge in [0.25, 0.3) is 0 Å². The van der Waals surface area contributed by atoms with Gasteiger partial charge in [-0.2, -0.15) is 0 Å². The third-order valence-electron chi connectivity index (χ3n) is 2.11. The van der Waals surface area contributed by atoms with Crippen LogP contribution in [0.4, 0.5) is 0 Å². The predicted octanol–water partition coefficient (Wildman–Crippen LogP) is 3.61. The number of methoxy groups -OCH3 is 1. The highest BCUT2D eigenvalue weighted by Gasteiger charge is 2.20. The van der Waals surface area contributed by atoms with Crippen LogP contribution in [-0.2, 0) is 4.43 Å². The Morgan fingerprint density at radius 3 is 2.27 bits per heavy atom. The molecule has 1 atom stereocenters. The average molecular weight is 224 g/mol. The predicted molar refractivity (Wildman–Crippen MR) is 65.8 cm³/mol. The second kappa shape index (κ2) is 4.81. The Morgan fingerprint density at radius 2 is 1.73 bits per heavy atom. The van der Waals surface area contributed by atoms with Crippen LogP contribution in [-0.4, -0.2) is 15.4 Å². The zero-order chi connectivity index (χ0) is 11.5. The first-order valence-corrected chi connectivity index (χ1v) is 8.65. The molecule has 0 heterocycles. The molecule has 0 fully saturated rings. The standard InChI is InChI=1S/C12H20O2Si/c1-10(14-15(3,4)5)11-8-6-7-9-12(11)13-2/h6-10H,1-5H3. The van der Waals surface area contributed by atoms with Crippen LogP contribution in [0.5, 0.6) is 5.75 Å². The maximum atomic E-state index is 6.03. The summed E-state index contributed by atoms with van der Waals surface area (Å²) in [5.41, 5.74) is 1.13. The van der Waals surface area contributed by atoms with Crippen molar-refractivity contribution in [1.29, 1.82) is 0 Å². The molecule has 0 aliphatic rings. The van der Waals surface area contributed by atoms with E-state index >= 15 is 0 Å². The number of para-hydroxylation sites is 1. The molecule has 3 heteroatoms. The van der Waals surface area contributed by atoms with Gasteiger partial charge in [-0.05, 0) is 32.6 Å². The highest BCUT2D eigenvalue weighted by Crippen LogP contribution is 2.29. The summed E-state index contributed by atoms with van der Waals surface area (Å²) in [6.45, 7) is 8.66. The molecule has 1 unspecified atom stereocenters. The van der Waals surface area contributed by atoms with Crippen LogP contribution in [0.15, 0.2) is 24.3 Å². The van der Waals surface area contributed by atoms with E-state index in [2.05, 4.69) is 32.6 Å². The summed E-state index contributed by atoms with van der Waals surface area (Å²) in [6.07, 6.45) is 0.104. The molecular formula is C12H20O2Si. The fourth-order valence-electron chi connectivity index (χ4n) is 1.60. The quantitative estimate of drug-likeness (QED) is 0.727. The lowest BCUT2D eigenvalue weighted by Gasteiger charge is -2.24. The van der Waals surface area contributed by atoms with Crippen molar-refractivity contribution in [1.82, 2.24) is 0 Å². The molecule has 0 bridgehead atoms. The number of benzene rings is 1. The molecule has 0 aromatic heterocycles. The first-order chi connectivity index (χ1) is 6.94. The summed E-state index contributed by atoms with van der Waals surface area (Å²) in [5, 5.41) is 0. The monoisotopic (exact) mass is 224 g/mol. The Balaban J connectivity index is 2.86. The van der Waals surface area contributed by atoms with Gasteiger partial charge in [0.05, 0.1) is 13.2 Å². The Labute approximate surface area is 93.4 Å². The van der Waals surface area contributed by atoms with E-state index in [0.717, 1.165) is 11.3 Å². The van der Waals surface area contributed by atoms with Gasteiger partial charge < -0.3 is 9.16 Å². The molecule has 0 N–H and O–H groups in total. The summed E-state index contributed by atoms with van der Waals surface area (Å²) in [6, 6.07) is 8.02. The second-order valence-electron chi connectivity index (χ2n) is 4.61. The van der Waals surface area contributed by atoms with Gasteiger partial charge in [-0.1, -0.05) is 18.2 Å². The lowest BCUT2D eigenvalue weighted by atomic mass is 10.1. The van der Waals surface area contributed by atoms with E-state index < -0.39 is 8.32 Å². The molecule has 0 amide bonds. The molecule has 0 radical (unpaired) electrons. The normalized spacial score (nSPS) is 13.7. The summed E-state index contributed by atoms with van der Waals surface area (Å²) in [4.78, 5) is 0. The van der Waals surface area contributed by atoms with Gasteiger partial charge >= 0.3 is 0 Å². The van der Waals surface area contributed by atoms with E-state index in [4.69, 9.17) is 9.16 Å². The molecule has 2 nitrogen and oxygen atoms in total. The van der Waals surface area contributed by atoms with Gasteiger partial charge in [-0.25, -0.2) is 0 Å². The fourth-order valence-corrected chi connectivity index (χ4v) is 2.78. The third-order valence-corrected chi connectivity index (χ3v) is 3.17. The first kappa shape index (κ1) is 12.3. The molecular weight excluding hydrogens is 204 g/mol. The van der Waals surface area contributed by atoms with Crippen LogP contribution >= 0.6 is 0 Å². The van der Waals surface area contributed by atoms with Crippen molar-refractivity contribution in [3.05, 3.63) is 29.8 Å². The van der Waals surface area contributed by atoms with E-state index in [1.54, 1.807) is 7.11 Å². The molecule has 1 aromatic rings. The molecule has 0 saturated heterocycles. The van der Waals surface area contributed by atoms with Gasteiger partial charge in [-0.15, -0.1) is 0 Å². The molecule has 1 aromatic carbocycles. The van der Waals surface area contributed by atoms with Gasteiger partial charge in [0, 0.05) is 5.56 Å². The summed E-state index contributed by atoms with van der Waals surface area (Å²) in [7, 11) is 0.200. The topological polar surface area (TPSA) is 18.5 Å². The average Bonchev–Trinajstić information content (AvgIpc) is 2.15. The van der Waals surface area contributed by atoms with Gasteiger partial charge in [0.1, 0.15) is 5.75 Å². The minimum absolute atomic E-state index is 0.104. The highest BCUT2D eigenvalue weighted by atomic mass is 28.4. The summed E-state index contributed by atoms with van der Waals surface area (Å²) in [5.74, 6) is 0.906. The van der Waals surface area contributed by atoms with Crippen molar-refractivity contribution in [3.63, 3.8) is 0 Å². The molecule has 0 saturated carbocycles. The van der Waals surface area contributed by atoms with Crippen molar-refractivity contribution in [2.24, 2.45) is 0 Å². The van der Waals surface area contributed by atoms with E-state index in [-0.39, 0.29) is 6.10 Å². The number of hydrogen-bond acceptors (Lipinski definition) is 2. The van der Waals surface area contributed by atoms with E-state index in [9.17, 15) is 0 Å². The Morgan fingerprint density at radius 1 is 1.13 bits per heavy atom. The van der Waals surface area contributed by atoms with Crippen LogP contribution in [0.2, 0.25) is 19.6 Å². The van der Waals surface area contributed by atoms with Crippen molar-refractivity contribution >= 4 is 8.32 Å². The highest BCUT2D eigenvalue weighted by molar-refractivity contribution is 6.69. The molecule has 84 valence electrons. The Hall–Kier alpha value is -0.803. The maximum absolute atomic E-state index is 6.03. The Bertz CT molecular complexity index is 318. The second-order valence-corrected chi connectivity index (χ2v) is 9.07. The molecule has 0 spiro atoms. The van der Waals surface area contributed by atoms with Crippen LogP contribution in [0.1, 0.15) is 18.6 Å². The van der Waals surface area contributed by atoms with Crippen LogP contribution in [0, 0.1) is 0 Å². The number of hydrogen-bond donors (Lipinski definition) is 0. The third kappa shape index (κ3) is 3.68. The van der Waals surface area contributed by atoms with Gasteiger partial charge in [-0.3, -0.25) is 0 Å². The summed E-state index contributed by atoms with van der Waals surface area (Å²) < 4.78 is 11.3. The smallest absolute Gasteiger partial charge is 0.184 e. The van der Waals surface area contributed by atoms with Gasteiger partial charge in [0.2, 0.25) is 0 Å². The maximum Gasteiger partial charge on any atom is 0.184 e. The zero-order valence-electron chi connectivity index (χ0n) is 10.2. The summed E-state index contributed by atoms with van der Waals surface area (Å²) >= 11 is 0. The van der Waals surface area contributed by atoms with E-state index in [1.165, 1.54) is 0 Å². The fraction of sp³-hybridized carbons (Fsp3) is 0.500. The van der Waals surface area contributed by atoms with Crippen molar-refractivity contribution in [2.45, 2.75) is 32.7 Å². The Kier molecular flexibility index (Phi) is 3.94. The molecule has 1 rings (SSSR count). The minimum Gasteiger partial charge on any atom is -0.496 e. The lowest BCUT2D eigenvalue weighted by molar-refractivity contribution is 0.213. The minimum atomic E-state index is -1.49. The van der Waals surface area contributed by atoms with Crippen LogP contribution in [0.25, 0.3) is 0 Å². The largest absolute Gasteiger partial charge is 0.496 e. The number of rotatable bonds is 4. The van der Waals surface area contributed by atoms with Crippen molar-refractivity contribution < 1.29 is 9.16 Å². The first-order valence-electron chi connectivity index (χ1n) is 5.25. The molecule has 0 aliphatic carbocycles. The number of ether oxygens (including phenoxy) is 1. The zero-order valence-corrected chi connectivity index (χ0v) is 11.2. The van der Waals surface area contributed by atoms with Crippen LogP contribution in [0.3, 0.4) is 0 Å². The van der Waals surface area contributed by atoms with Gasteiger partial charge in [0.15, 0.2) is 8.32 Å². The molecule has 15 heavy (non-hydrogen) atoms. The van der Waals surface area contributed by atoms with E-state index in [0.29, 0.717) is 0 Å². The van der Waals surface area contributed by atoms with Crippen molar-refractivity contribution in [3.8, 4) is 5.75 Å².